The molecule has 0 bridgehead atoms. The van der Waals surface area contributed by atoms with Gasteiger partial charge in [-0.1, -0.05) is 32.0 Å². The van der Waals surface area contributed by atoms with Gasteiger partial charge in [0.25, 0.3) is 0 Å². The molecular weight excluding hydrogens is 218 g/mol. The molecule has 0 aromatic carbocycles. The first kappa shape index (κ1) is 16.0. The van der Waals surface area contributed by atoms with Crippen molar-refractivity contribution in [1.82, 2.24) is 0 Å². The minimum atomic E-state index is 0.251. The molecule has 3 heteroatoms. The summed E-state index contributed by atoms with van der Waals surface area (Å²) in [5, 5.41) is 0.251. The van der Waals surface area contributed by atoms with Crippen molar-refractivity contribution in [3.8, 4) is 0 Å². The van der Waals surface area contributed by atoms with Gasteiger partial charge in [-0.3, -0.25) is 4.79 Å². The Morgan fingerprint density at radius 2 is 1.75 bits per heavy atom. The molecule has 16 heavy (non-hydrogen) atoms. The van der Waals surface area contributed by atoms with E-state index in [0.29, 0.717) is 0 Å². The van der Waals surface area contributed by atoms with Crippen LogP contribution in [0.3, 0.4) is 0 Å². The van der Waals surface area contributed by atoms with E-state index in [-0.39, 0.29) is 5.12 Å². The van der Waals surface area contributed by atoms with E-state index in [4.69, 9.17) is 0 Å². The highest BCUT2D eigenvalue weighted by Gasteiger charge is 2.23. The van der Waals surface area contributed by atoms with Crippen molar-refractivity contribution in [2.24, 2.45) is 0 Å². The number of carbonyl (C=O) groups excluding carboxylic acids is 1. The molecule has 0 radical (unpaired) electrons. The lowest BCUT2D eigenvalue weighted by Gasteiger charge is -2.37. The molecule has 0 aliphatic rings. The fraction of sp³-hybridized carbons (Fsp3) is 0.923. The van der Waals surface area contributed by atoms with Gasteiger partial charge in [0.15, 0.2) is 5.12 Å². The summed E-state index contributed by atoms with van der Waals surface area (Å²) in [6.45, 7) is 13.3. The molecule has 0 rings (SSSR count). The van der Waals surface area contributed by atoms with Gasteiger partial charge in [-0.2, -0.15) is 0 Å². The topological polar surface area (TPSA) is 17.1 Å². The molecule has 0 saturated carbocycles. The second-order valence-corrected chi connectivity index (χ2v) is 5.79. The Bertz CT molecular complexity index is 196. The van der Waals surface area contributed by atoms with E-state index >= 15 is 0 Å². The smallest absolute Gasteiger partial charge is 0.186 e. The van der Waals surface area contributed by atoms with Crippen LogP contribution in [0.5, 0.6) is 0 Å². The molecule has 0 amide bonds. The first-order chi connectivity index (χ1) is 7.60. The monoisotopic (exact) mass is 246 g/mol. The van der Waals surface area contributed by atoms with Crippen molar-refractivity contribution in [1.29, 1.82) is 0 Å². The Labute approximate surface area is 105 Å². The van der Waals surface area contributed by atoms with Crippen LogP contribution in [0.2, 0.25) is 0 Å². The van der Waals surface area contributed by atoms with Gasteiger partial charge in [-0.05, 0) is 19.8 Å². The lowest BCUT2D eigenvalue weighted by atomic mass is 10.2. The van der Waals surface area contributed by atoms with Gasteiger partial charge in [-0.15, -0.1) is 0 Å². The van der Waals surface area contributed by atoms with Gasteiger partial charge in [0.1, 0.15) is 0 Å². The Hall–Kier alpha value is -0.0200. The highest BCUT2D eigenvalue weighted by Crippen LogP contribution is 2.13. The summed E-state index contributed by atoms with van der Waals surface area (Å²) >= 11 is 1.48. The number of thioether (sulfide) groups is 1. The van der Waals surface area contributed by atoms with Crippen molar-refractivity contribution in [2.75, 3.05) is 31.9 Å². The van der Waals surface area contributed by atoms with Crippen LogP contribution in [0, 0.1) is 0 Å². The van der Waals surface area contributed by atoms with E-state index in [1.165, 1.54) is 55.1 Å². The number of unbranched alkanes of at least 4 members (excludes halogenated alkanes) is 1. The molecule has 0 aliphatic carbocycles. The molecule has 0 saturated heterocycles. The zero-order valence-electron chi connectivity index (χ0n) is 11.4. The number of carbonyl (C=O) groups is 1. The molecule has 0 aromatic rings. The maximum absolute atomic E-state index is 10.9. The third-order valence-corrected chi connectivity index (χ3v) is 4.02. The fourth-order valence-corrected chi connectivity index (χ4v) is 2.93. The second kappa shape index (κ2) is 9.06. The number of nitrogens with zero attached hydrogens (tertiary/aromatic N) is 1. The molecule has 2 nitrogen and oxygen atoms in total. The number of hydrogen-bond donors (Lipinski definition) is 0. The summed E-state index contributed by atoms with van der Waals surface area (Å²) in [5.74, 6) is 0.979. The molecule has 0 fully saturated rings. The fourth-order valence-electron chi connectivity index (χ4n) is 2.16. The first-order valence-corrected chi connectivity index (χ1v) is 7.57. The number of quaternary nitrogens is 1. The lowest BCUT2D eigenvalue weighted by molar-refractivity contribution is -0.924. The van der Waals surface area contributed by atoms with Crippen LogP contribution in [0.1, 0.15) is 47.0 Å². The van der Waals surface area contributed by atoms with Crippen LogP contribution >= 0.6 is 11.8 Å². The Morgan fingerprint density at radius 1 is 1.06 bits per heavy atom. The minimum absolute atomic E-state index is 0.251. The van der Waals surface area contributed by atoms with Gasteiger partial charge in [0.05, 0.1) is 31.9 Å². The molecular formula is C13H28NOS+. The van der Waals surface area contributed by atoms with Gasteiger partial charge in [-0.25, -0.2) is 0 Å². The number of hydrogen-bond acceptors (Lipinski definition) is 2. The summed E-state index contributed by atoms with van der Waals surface area (Å²) in [7, 11) is 0. The predicted octanol–water partition coefficient (Wildman–Crippen LogP) is 3.31. The van der Waals surface area contributed by atoms with Crippen molar-refractivity contribution >= 4 is 16.9 Å². The standard InChI is InChI=1S/C13H28NOS/c1-5-8-10-14(7-3,9-6-2)11-12-16-13(4)15/h5-12H2,1-4H3/q+1. The lowest BCUT2D eigenvalue weighted by Crippen LogP contribution is -2.50. The highest BCUT2D eigenvalue weighted by molar-refractivity contribution is 8.13. The third-order valence-electron chi connectivity index (χ3n) is 3.23. The normalized spacial score (nSPS) is 14.8. The van der Waals surface area contributed by atoms with Gasteiger partial charge < -0.3 is 4.48 Å². The van der Waals surface area contributed by atoms with E-state index < -0.39 is 0 Å². The van der Waals surface area contributed by atoms with E-state index in [2.05, 4.69) is 20.8 Å². The maximum Gasteiger partial charge on any atom is 0.186 e. The molecule has 0 aliphatic heterocycles. The minimum Gasteiger partial charge on any atom is -0.323 e. The Kier molecular flexibility index (Phi) is 9.04. The van der Waals surface area contributed by atoms with E-state index in [0.717, 1.165) is 12.3 Å². The number of rotatable bonds is 9. The van der Waals surface area contributed by atoms with Crippen molar-refractivity contribution in [3.05, 3.63) is 0 Å². The van der Waals surface area contributed by atoms with Gasteiger partial charge >= 0.3 is 0 Å². The molecule has 1 atom stereocenters. The Morgan fingerprint density at radius 3 is 2.19 bits per heavy atom. The average molecular weight is 246 g/mol. The zero-order valence-corrected chi connectivity index (χ0v) is 12.2. The second-order valence-electron chi connectivity index (χ2n) is 4.52. The van der Waals surface area contributed by atoms with E-state index in [9.17, 15) is 4.79 Å². The van der Waals surface area contributed by atoms with Gasteiger partial charge in [0, 0.05) is 6.92 Å². The molecule has 0 spiro atoms. The molecule has 96 valence electrons. The quantitative estimate of drug-likeness (QED) is 0.581. The largest absolute Gasteiger partial charge is 0.323 e. The average Bonchev–Trinajstić information content (AvgIpc) is 2.25. The summed E-state index contributed by atoms with van der Waals surface area (Å²) in [5.41, 5.74) is 0. The third kappa shape index (κ3) is 6.54. The van der Waals surface area contributed by atoms with Crippen LogP contribution in [-0.2, 0) is 4.79 Å². The summed E-state index contributed by atoms with van der Waals surface area (Å²) in [4.78, 5) is 10.9. The maximum atomic E-state index is 10.9. The van der Waals surface area contributed by atoms with E-state index in [1.54, 1.807) is 6.92 Å². The summed E-state index contributed by atoms with van der Waals surface area (Å²) in [6.07, 6.45) is 3.81. The van der Waals surface area contributed by atoms with Crippen LogP contribution in [-0.4, -0.2) is 41.5 Å². The first-order valence-electron chi connectivity index (χ1n) is 6.58. The predicted molar refractivity (Wildman–Crippen MR) is 73.7 cm³/mol. The van der Waals surface area contributed by atoms with Crippen molar-refractivity contribution in [2.45, 2.75) is 47.0 Å². The highest BCUT2D eigenvalue weighted by atomic mass is 32.2. The van der Waals surface area contributed by atoms with Crippen molar-refractivity contribution < 1.29 is 9.28 Å². The zero-order chi connectivity index (χ0) is 12.4. The van der Waals surface area contributed by atoms with Crippen molar-refractivity contribution in [3.63, 3.8) is 0 Å². The molecule has 0 N–H and O–H groups in total. The molecule has 0 aromatic heterocycles. The Balaban J connectivity index is 4.19. The van der Waals surface area contributed by atoms with E-state index in [1.807, 2.05) is 0 Å². The summed E-state index contributed by atoms with van der Waals surface area (Å²) < 4.78 is 1.20. The van der Waals surface area contributed by atoms with Crippen LogP contribution < -0.4 is 0 Å². The summed E-state index contributed by atoms with van der Waals surface area (Å²) in [6, 6.07) is 0. The molecule has 1 unspecified atom stereocenters. The SMILES string of the molecule is CCCC[N+](CC)(CCC)CCSC(C)=O. The van der Waals surface area contributed by atoms with Crippen LogP contribution in [0.4, 0.5) is 0 Å². The van der Waals surface area contributed by atoms with Crippen LogP contribution in [0.25, 0.3) is 0 Å². The molecule has 0 heterocycles. The van der Waals surface area contributed by atoms with Gasteiger partial charge in [0.2, 0.25) is 0 Å². The van der Waals surface area contributed by atoms with Crippen LogP contribution in [0.15, 0.2) is 0 Å².